The molecule has 0 unspecified atom stereocenters. The number of sulfonamides is 1. The number of nitrogens with zero attached hydrogens (tertiary/aromatic N) is 4. The van der Waals surface area contributed by atoms with Crippen molar-refractivity contribution >= 4 is 16.0 Å². The monoisotopic (exact) mass is 284 g/mol. The maximum Gasteiger partial charge on any atom is 0.225 e. The number of aromatic nitrogens is 2. The first-order valence-electron chi connectivity index (χ1n) is 6.63. The zero-order chi connectivity index (χ0) is 13.7. The minimum absolute atomic E-state index is 0.231. The fraction of sp³-hybridized carbons (Fsp3) is 0.667. The van der Waals surface area contributed by atoms with Gasteiger partial charge in [0.1, 0.15) is 0 Å². The van der Waals surface area contributed by atoms with Crippen LogP contribution in [-0.4, -0.2) is 54.6 Å². The molecule has 1 aromatic heterocycles. The molecule has 1 aromatic rings. The normalized spacial score (nSPS) is 18.3. The van der Waals surface area contributed by atoms with E-state index in [1.54, 1.807) is 22.8 Å². The smallest absolute Gasteiger partial charge is 0.225 e. The highest BCUT2D eigenvalue weighted by molar-refractivity contribution is 7.89. The maximum absolute atomic E-state index is 12.1. The predicted octanol–water partition coefficient (Wildman–Crippen LogP) is 0.728. The van der Waals surface area contributed by atoms with Gasteiger partial charge in [-0.3, -0.25) is 0 Å². The molecular formula is C12H20N4O2S. The highest BCUT2D eigenvalue weighted by Crippen LogP contribution is 2.13. The number of hydrogen-bond donors (Lipinski definition) is 0. The molecule has 0 radical (unpaired) electrons. The third-order valence-electron chi connectivity index (χ3n) is 3.15. The van der Waals surface area contributed by atoms with Crippen molar-refractivity contribution in [2.75, 3.05) is 36.8 Å². The topological polar surface area (TPSA) is 66.4 Å². The molecule has 1 fully saturated rings. The third kappa shape index (κ3) is 3.63. The van der Waals surface area contributed by atoms with Gasteiger partial charge in [0, 0.05) is 38.6 Å². The van der Waals surface area contributed by atoms with E-state index in [-0.39, 0.29) is 5.75 Å². The molecule has 6 nitrogen and oxygen atoms in total. The van der Waals surface area contributed by atoms with E-state index >= 15 is 0 Å². The Morgan fingerprint density at radius 2 is 1.89 bits per heavy atom. The number of rotatable bonds is 4. The minimum atomic E-state index is -3.10. The summed E-state index contributed by atoms with van der Waals surface area (Å²) in [5, 5.41) is 0. The van der Waals surface area contributed by atoms with Crippen molar-refractivity contribution in [3.05, 3.63) is 18.5 Å². The second kappa shape index (κ2) is 6.29. The molecule has 1 aliphatic rings. The molecule has 19 heavy (non-hydrogen) atoms. The Labute approximate surface area is 114 Å². The van der Waals surface area contributed by atoms with Crippen LogP contribution in [0.1, 0.15) is 19.8 Å². The SMILES string of the molecule is CCCS(=O)(=O)N1CCCN(c2ncccn2)CC1. The largest absolute Gasteiger partial charge is 0.339 e. The number of hydrogen-bond acceptors (Lipinski definition) is 5. The van der Waals surface area contributed by atoms with Gasteiger partial charge in [0.25, 0.3) is 0 Å². The van der Waals surface area contributed by atoms with Crippen molar-refractivity contribution in [1.82, 2.24) is 14.3 Å². The van der Waals surface area contributed by atoms with Crippen molar-refractivity contribution in [1.29, 1.82) is 0 Å². The lowest BCUT2D eigenvalue weighted by molar-refractivity contribution is 0.432. The molecule has 7 heteroatoms. The summed E-state index contributed by atoms with van der Waals surface area (Å²) >= 11 is 0. The molecule has 0 amide bonds. The maximum atomic E-state index is 12.1. The molecule has 1 saturated heterocycles. The Bertz CT molecular complexity index is 492. The minimum Gasteiger partial charge on any atom is -0.339 e. The summed E-state index contributed by atoms with van der Waals surface area (Å²) < 4.78 is 25.7. The summed E-state index contributed by atoms with van der Waals surface area (Å²) in [5.74, 6) is 0.909. The summed E-state index contributed by atoms with van der Waals surface area (Å²) in [7, 11) is -3.10. The summed E-state index contributed by atoms with van der Waals surface area (Å²) in [4.78, 5) is 10.5. The van der Waals surface area contributed by atoms with Crippen LogP contribution in [0.2, 0.25) is 0 Å². The molecule has 0 aliphatic carbocycles. The van der Waals surface area contributed by atoms with Gasteiger partial charge in [0.15, 0.2) is 0 Å². The van der Waals surface area contributed by atoms with Gasteiger partial charge in [-0.05, 0) is 18.9 Å². The predicted molar refractivity (Wildman–Crippen MR) is 74.5 cm³/mol. The van der Waals surface area contributed by atoms with Crippen LogP contribution in [0.5, 0.6) is 0 Å². The first-order chi connectivity index (χ1) is 9.13. The molecule has 2 heterocycles. The van der Waals surface area contributed by atoms with Gasteiger partial charge in [-0.2, -0.15) is 0 Å². The van der Waals surface area contributed by atoms with Crippen molar-refractivity contribution in [3.63, 3.8) is 0 Å². The molecule has 0 atom stereocenters. The van der Waals surface area contributed by atoms with E-state index in [1.165, 1.54) is 0 Å². The molecule has 0 aromatic carbocycles. The summed E-state index contributed by atoms with van der Waals surface area (Å²) in [6.07, 6.45) is 4.88. The first kappa shape index (κ1) is 14.2. The fourth-order valence-corrected chi connectivity index (χ4v) is 3.75. The Kier molecular flexibility index (Phi) is 4.71. The zero-order valence-corrected chi connectivity index (χ0v) is 12.0. The standard InChI is InChI=1S/C12H20N4O2S/c1-2-11-19(17,18)16-8-4-7-15(9-10-16)12-13-5-3-6-14-12/h3,5-6H,2,4,7-11H2,1H3. The van der Waals surface area contributed by atoms with Crippen LogP contribution < -0.4 is 4.90 Å². The molecular weight excluding hydrogens is 264 g/mol. The van der Waals surface area contributed by atoms with E-state index in [9.17, 15) is 8.42 Å². The van der Waals surface area contributed by atoms with Gasteiger partial charge in [0.2, 0.25) is 16.0 Å². The highest BCUT2D eigenvalue weighted by atomic mass is 32.2. The van der Waals surface area contributed by atoms with Gasteiger partial charge in [-0.1, -0.05) is 6.92 Å². The lowest BCUT2D eigenvalue weighted by Crippen LogP contribution is -2.36. The zero-order valence-electron chi connectivity index (χ0n) is 11.2. The lowest BCUT2D eigenvalue weighted by Gasteiger charge is -2.21. The van der Waals surface area contributed by atoms with Crippen molar-refractivity contribution in [3.8, 4) is 0 Å². The molecule has 0 spiro atoms. The average molecular weight is 284 g/mol. The molecule has 1 aliphatic heterocycles. The molecule has 0 saturated carbocycles. The lowest BCUT2D eigenvalue weighted by atomic mass is 10.4. The molecule has 0 N–H and O–H groups in total. The van der Waals surface area contributed by atoms with Gasteiger partial charge >= 0.3 is 0 Å². The summed E-state index contributed by atoms with van der Waals surface area (Å²) in [5.41, 5.74) is 0. The van der Waals surface area contributed by atoms with Gasteiger partial charge in [0.05, 0.1) is 5.75 Å². The van der Waals surface area contributed by atoms with Crippen LogP contribution in [0.15, 0.2) is 18.5 Å². The van der Waals surface area contributed by atoms with Crippen molar-refractivity contribution < 1.29 is 8.42 Å². The van der Waals surface area contributed by atoms with Crippen LogP contribution >= 0.6 is 0 Å². The van der Waals surface area contributed by atoms with E-state index < -0.39 is 10.0 Å². The van der Waals surface area contributed by atoms with Gasteiger partial charge < -0.3 is 4.90 Å². The van der Waals surface area contributed by atoms with Gasteiger partial charge in [-0.15, -0.1) is 0 Å². The summed E-state index contributed by atoms with van der Waals surface area (Å²) in [6.45, 7) is 4.43. The molecule has 0 bridgehead atoms. The third-order valence-corrected chi connectivity index (χ3v) is 5.22. The van der Waals surface area contributed by atoms with E-state index in [1.807, 2.05) is 11.8 Å². The van der Waals surface area contributed by atoms with E-state index in [2.05, 4.69) is 9.97 Å². The van der Waals surface area contributed by atoms with Crippen LogP contribution in [0.25, 0.3) is 0 Å². The fourth-order valence-electron chi connectivity index (χ4n) is 2.21. The number of anilines is 1. The Morgan fingerprint density at radius 1 is 1.16 bits per heavy atom. The van der Waals surface area contributed by atoms with E-state index in [4.69, 9.17) is 0 Å². The highest BCUT2D eigenvalue weighted by Gasteiger charge is 2.24. The van der Waals surface area contributed by atoms with Gasteiger partial charge in [-0.25, -0.2) is 22.7 Å². The van der Waals surface area contributed by atoms with Crippen LogP contribution in [0.3, 0.4) is 0 Å². The van der Waals surface area contributed by atoms with Crippen LogP contribution in [0, 0.1) is 0 Å². The summed E-state index contributed by atoms with van der Waals surface area (Å²) in [6, 6.07) is 1.78. The average Bonchev–Trinajstić information content (AvgIpc) is 2.66. The molecule has 106 valence electrons. The van der Waals surface area contributed by atoms with Crippen LogP contribution in [-0.2, 0) is 10.0 Å². The quantitative estimate of drug-likeness (QED) is 0.815. The van der Waals surface area contributed by atoms with E-state index in [0.717, 1.165) is 13.0 Å². The Morgan fingerprint density at radius 3 is 2.58 bits per heavy atom. The van der Waals surface area contributed by atoms with Crippen molar-refractivity contribution in [2.45, 2.75) is 19.8 Å². The second-order valence-corrected chi connectivity index (χ2v) is 6.69. The van der Waals surface area contributed by atoms with E-state index in [0.29, 0.717) is 32.0 Å². The second-order valence-electron chi connectivity index (χ2n) is 4.60. The Hall–Kier alpha value is -1.21. The molecule has 2 rings (SSSR count). The van der Waals surface area contributed by atoms with Crippen molar-refractivity contribution in [2.24, 2.45) is 0 Å². The Balaban J connectivity index is 2.03. The first-order valence-corrected chi connectivity index (χ1v) is 8.24. The van der Waals surface area contributed by atoms with Crippen LogP contribution in [0.4, 0.5) is 5.95 Å².